The van der Waals surface area contributed by atoms with E-state index in [4.69, 9.17) is 0 Å². The molecule has 1 aliphatic rings. The maximum absolute atomic E-state index is 12.7. The van der Waals surface area contributed by atoms with Gasteiger partial charge in [-0.05, 0) is 26.2 Å². The summed E-state index contributed by atoms with van der Waals surface area (Å²) in [6.45, 7) is 3.28. The fourth-order valence-corrected chi connectivity index (χ4v) is 3.68. The molecule has 19 heavy (non-hydrogen) atoms. The van der Waals surface area contributed by atoms with Crippen LogP contribution in [0.1, 0.15) is 39.5 Å². The van der Waals surface area contributed by atoms with Crippen LogP contribution in [-0.4, -0.2) is 38.2 Å². The lowest BCUT2D eigenvalue weighted by atomic mass is 9.85. The minimum Gasteiger partial charge on any atom is -0.310 e. The topological polar surface area (TPSA) is 46.2 Å². The van der Waals surface area contributed by atoms with Gasteiger partial charge in [0.15, 0.2) is 9.84 Å². The van der Waals surface area contributed by atoms with E-state index < -0.39 is 21.9 Å². The van der Waals surface area contributed by atoms with Gasteiger partial charge in [0.2, 0.25) is 0 Å². The molecule has 3 atom stereocenters. The second-order valence-electron chi connectivity index (χ2n) is 5.37. The van der Waals surface area contributed by atoms with Crippen LogP contribution >= 0.6 is 0 Å². The number of nitrogens with one attached hydrogen (secondary N) is 1. The second-order valence-corrected chi connectivity index (χ2v) is 7.77. The molecule has 114 valence electrons. The summed E-state index contributed by atoms with van der Waals surface area (Å²) in [5.41, 5.74) is 0. The van der Waals surface area contributed by atoms with E-state index in [1.54, 1.807) is 13.8 Å². The quantitative estimate of drug-likeness (QED) is 0.849. The minimum absolute atomic E-state index is 0.0172. The Balaban J connectivity index is 2.49. The summed E-state index contributed by atoms with van der Waals surface area (Å²) in [5, 5.41) is 3.03. The van der Waals surface area contributed by atoms with Crippen LogP contribution in [0.3, 0.4) is 0 Å². The molecule has 0 aromatic rings. The zero-order chi connectivity index (χ0) is 14.7. The molecule has 1 fully saturated rings. The van der Waals surface area contributed by atoms with Crippen molar-refractivity contribution in [2.45, 2.75) is 57.8 Å². The molecule has 1 rings (SSSR count). The number of sulfone groups is 1. The largest absolute Gasteiger partial charge is 0.391 e. The van der Waals surface area contributed by atoms with Crippen LogP contribution in [0.5, 0.6) is 0 Å². The van der Waals surface area contributed by atoms with Crippen molar-refractivity contribution >= 4 is 9.84 Å². The van der Waals surface area contributed by atoms with Crippen molar-refractivity contribution in [3.05, 3.63) is 0 Å². The first-order valence-electron chi connectivity index (χ1n) is 6.67. The van der Waals surface area contributed by atoms with Gasteiger partial charge in [-0.25, -0.2) is 8.42 Å². The van der Waals surface area contributed by atoms with Crippen molar-refractivity contribution < 1.29 is 21.6 Å². The molecule has 0 spiro atoms. The van der Waals surface area contributed by atoms with Gasteiger partial charge in [0.1, 0.15) is 0 Å². The van der Waals surface area contributed by atoms with E-state index in [0.29, 0.717) is 12.8 Å². The van der Waals surface area contributed by atoms with Crippen LogP contribution in [0.2, 0.25) is 0 Å². The summed E-state index contributed by atoms with van der Waals surface area (Å²) >= 11 is 0. The molecule has 0 aliphatic heterocycles. The monoisotopic (exact) mass is 301 g/mol. The average molecular weight is 301 g/mol. The first kappa shape index (κ1) is 16.8. The molecule has 1 saturated carbocycles. The van der Waals surface area contributed by atoms with Gasteiger partial charge in [-0.2, -0.15) is 13.2 Å². The maximum Gasteiger partial charge on any atom is 0.391 e. The predicted molar refractivity (Wildman–Crippen MR) is 68.7 cm³/mol. The number of hydrogen-bond donors (Lipinski definition) is 1. The van der Waals surface area contributed by atoms with Crippen LogP contribution in [0, 0.1) is 5.92 Å². The molecule has 7 heteroatoms. The molecule has 0 saturated heterocycles. The standard InChI is InChI=1S/C12H22F3NO2S/c1-3-19(17,18)8-9(2)16-11-6-4-5-10(7-11)12(13,14)15/h9-11,16H,3-8H2,1-2H3. The van der Waals surface area contributed by atoms with Crippen LogP contribution < -0.4 is 5.32 Å². The van der Waals surface area contributed by atoms with Gasteiger partial charge < -0.3 is 5.32 Å². The highest BCUT2D eigenvalue weighted by molar-refractivity contribution is 7.91. The maximum atomic E-state index is 12.7. The highest BCUT2D eigenvalue weighted by Crippen LogP contribution is 2.37. The minimum atomic E-state index is -4.14. The normalized spacial score (nSPS) is 27.2. The Hall–Kier alpha value is -0.300. The van der Waals surface area contributed by atoms with Crippen molar-refractivity contribution in [1.29, 1.82) is 0 Å². The molecule has 0 amide bonds. The molecule has 0 bridgehead atoms. The van der Waals surface area contributed by atoms with E-state index in [9.17, 15) is 21.6 Å². The summed E-state index contributed by atoms with van der Waals surface area (Å²) in [7, 11) is -3.10. The Morgan fingerprint density at radius 3 is 2.47 bits per heavy atom. The first-order chi connectivity index (χ1) is 8.64. The van der Waals surface area contributed by atoms with Crippen LogP contribution in [0.25, 0.3) is 0 Å². The molecule has 3 unspecified atom stereocenters. The molecule has 0 aromatic heterocycles. The van der Waals surface area contributed by atoms with E-state index in [2.05, 4.69) is 5.32 Å². The number of hydrogen-bond acceptors (Lipinski definition) is 3. The van der Waals surface area contributed by atoms with Crippen LogP contribution in [0.4, 0.5) is 13.2 Å². The van der Waals surface area contributed by atoms with E-state index in [1.165, 1.54) is 0 Å². The third-order valence-corrected chi connectivity index (χ3v) is 5.49. The van der Waals surface area contributed by atoms with Gasteiger partial charge in [0.05, 0.1) is 11.7 Å². The molecular weight excluding hydrogens is 279 g/mol. The molecule has 1 aliphatic carbocycles. The smallest absolute Gasteiger partial charge is 0.310 e. The van der Waals surface area contributed by atoms with Crippen LogP contribution in [0.15, 0.2) is 0 Å². The molecule has 1 N–H and O–H groups in total. The molecule has 3 nitrogen and oxygen atoms in total. The Bertz CT molecular complexity index is 381. The Morgan fingerprint density at radius 2 is 1.95 bits per heavy atom. The van der Waals surface area contributed by atoms with E-state index in [1.807, 2.05) is 0 Å². The van der Waals surface area contributed by atoms with Crippen molar-refractivity contribution in [2.24, 2.45) is 5.92 Å². The van der Waals surface area contributed by atoms with Gasteiger partial charge >= 0.3 is 6.18 Å². The van der Waals surface area contributed by atoms with Gasteiger partial charge in [-0.3, -0.25) is 0 Å². The van der Waals surface area contributed by atoms with Crippen LogP contribution in [-0.2, 0) is 9.84 Å². The van der Waals surface area contributed by atoms with Crippen molar-refractivity contribution in [1.82, 2.24) is 5.32 Å². The Labute approximate surface area is 112 Å². The zero-order valence-electron chi connectivity index (χ0n) is 11.3. The van der Waals surface area contributed by atoms with Crippen molar-refractivity contribution in [2.75, 3.05) is 11.5 Å². The highest BCUT2D eigenvalue weighted by Gasteiger charge is 2.42. The van der Waals surface area contributed by atoms with E-state index in [-0.39, 0.29) is 36.4 Å². The summed E-state index contributed by atoms with van der Waals surface area (Å²) in [5.74, 6) is -1.21. The molecule has 0 heterocycles. The van der Waals surface area contributed by atoms with Crippen molar-refractivity contribution in [3.63, 3.8) is 0 Å². The number of halogens is 3. The van der Waals surface area contributed by atoms with Crippen molar-refractivity contribution in [3.8, 4) is 0 Å². The fraction of sp³-hybridized carbons (Fsp3) is 1.00. The first-order valence-corrected chi connectivity index (χ1v) is 8.49. The molecule has 0 radical (unpaired) electrons. The Morgan fingerprint density at radius 1 is 1.32 bits per heavy atom. The van der Waals surface area contributed by atoms with Gasteiger partial charge in [0, 0.05) is 17.8 Å². The second kappa shape index (κ2) is 6.43. The fourth-order valence-electron chi connectivity index (χ4n) is 2.59. The lowest BCUT2D eigenvalue weighted by molar-refractivity contribution is -0.183. The SMILES string of the molecule is CCS(=O)(=O)CC(C)NC1CCCC(C(F)(F)F)C1. The van der Waals surface area contributed by atoms with Gasteiger partial charge in [-0.1, -0.05) is 13.3 Å². The average Bonchev–Trinajstić information content (AvgIpc) is 2.27. The Kier molecular flexibility index (Phi) is 5.67. The predicted octanol–water partition coefficient (Wildman–Crippen LogP) is 2.52. The summed E-state index contributed by atoms with van der Waals surface area (Å²) in [6, 6.07) is -0.538. The third kappa shape index (κ3) is 5.69. The zero-order valence-corrected chi connectivity index (χ0v) is 12.1. The number of rotatable bonds is 5. The summed E-state index contributed by atoms with van der Waals surface area (Å²) in [4.78, 5) is 0. The lowest BCUT2D eigenvalue weighted by Crippen LogP contribution is -2.45. The highest BCUT2D eigenvalue weighted by atomic mass is 32.2. The van der Waals surface area contributed by atoms with Gasteiger partial charge in [0.25, 0.3) is 0 Å². The summed E-state index contributed by atoms with van der Waals surface area (Å²) < 4.78 is 60.9. The lowest BCUT2D eigenvalue weighted by Gasteiger charge is -2.32. The van der Waals surface area contributed by atoms with Gasteiger partial charge in [-0.15, -0.1) is 0 Å². The molecule has 0 aromatic carbocycles. The van der Waals surface area contributed by atoms with E-state index in [0.717, 1.165) is 0 Å². The summed E-state index contributed by atoms with van der Waals surface area (Å²) in [6.07, 6.45) is -2.68. The third-order valence-electron chi connectivity index (χ3n) is 3.60. The van der Waals surface area contributed by atoms with E-state index >= 15 is 0 Å². The molecular formula is C12H22F3NO2S. The number of alkyl halides is 3.